The number of hydrogen-bond donors (Lipinski definition) is 1. The number of hydrogen-bond acceptors (Lipinski definition) is 7. The number of rotatable bonds is 6. The van der Waals surface area contributed by atoms with Crippen molar-refractivity contribution in [3.8, 4) is 0 Å². The lowest BCUT2D eigenvalue weighted by Crippen LogP contribution is -2.51. The van der Waals surface area contributed by atoms with Crippen molar-refractivity contribution in [1.82, 2.24) is 33.8 Å². The molecule has 1 aliphatic rings. The number of carbonyl (C=O) groups is 2. The van der Waals surface area contributed by atoms with E-state index in [1.807, 2.05) is 10.8 Å². The number of nitrogens with one attached hydrogen (secondary N) is 1. The van der Waals surface area contributed by atoms with E-state index < -0.39 is 11.2 Å². The second-order valence-corrected chi connectivity index (χ2v) is 8.52. The molecule has 3 aromatic rings. The first-order chi connectivity index (χ1) is 15.4. The summed E-state index contributed by atoms with van der Waals surface area (Å²) in [6.07, 6.45) is 1.43. The molecule has 1 fully saturated rings. The molecule has 11 nitrogen and oxygen atoms in total. The fraction of sp³-hybridized carbons (Fsp3) is 0.450. The number of carbonyl (C=O) groups excluding carboxylic acids is 2. The molecule has 0 atom stereocenters. The molecule has 32 heavy (non-hydrogen) atoms. The second kappa shape index (κ2) is 9.09. The smallest absolute Gasteiger partial charge is 0.332 e. The van der Waals surface area contributed by atoms with Crippen molar-refractivity contribution in [3.05, 3.63) is 49.6 Å². The summed E-state index contributed by atoms with van der Waals surface area (Å²) in [5, 5.41) is 6.60. The largest absolute Gasteiger partial charge is 0.351 e. The predicted molar refractivity (Wildman–Crippen MR) is 120 cm³/mol. The van der Waals surface area contributed by atoms with Gasteiger partial charge in [0, 0.05) is 64.3 Å². The highest BCUT2D eigenvalue weighted by molar-refractivity contribution is 7.08. The van der Waals surface area contributed by atoms with Gasteiger partial charge in [-0.3, -0.25) is 28.4 Å². The lowest BCUT2D eigenvalue weighted by Gasteiger charge is -2.34. The van der Waals surface area contributed by atoms with Crippen LogP contribution in [0, 0.1) is 0 Å². The summed E-state index contributed by atoms with van der Waals surface area (Å²) in [4.78, 5) is 57.5. The normalized spacial score (nSPS) is 14.8. The monoisotopic (exact) mass is 459 g/mol. The van der Waals surface area contributed by atoms with Gasteiger partial charge in [-0.15, -0.1) is 0 Å². The highest BCUT2D eigenvalue weighted by atomic mass is 32.1. The summed E-state index contributed by atoms with van der Waals surface area (Å²) in [5.74, 6) is -0.179. The molecule has 12 heteroatoms. The number of imidazole rings is 1. The first-order valence-electron chi connectivity index (χ1n) is 10.3. The maximum Gasteiger partial charge on any atom is 0.332 e. The molecule has 0 radical (unpaired) electrons. The van der Waals surface area contributed by atoms with E-state index in [4.69, 9.17) is 0 Å². The number of amides is 2. The first kappa shape index (κ1) is 22.0. The van der Waals surface area contributed by atoms with E-state index in [2.05, 4.69) is 15.2 Å². The zero-order valence-corrected chi connectivity index (χ0v) is 18.8. The van der Waals surface area contributed by atoms with Crippen LogP contribution in [0.3, 0.4) is 0 Å². The van der Waals surface area contributed by atoms with Gasteiger partial charge in [-0.2, -0.15) is 11.3 Å². The summed E-state index contributed by atoms with van der Waals surface area (Å²) in [7, 11) is 2.95. The van der Waals surface area contributed by atoms with E-state index in [1.54, 1.807) is 18.0 Å². The maximum atomic E-state index is 12.8. The van der Waals surface area contributed by atoms with Crippen LogP contribution in [0.1, 0.15) is 10.4 Å². The van der Waals surface area contributed by atoms with Gasteiger partial charge < -0.3 is 14.8 Å². The van der Waals surface area contributed by atoms with Gasteiger partial charge in [0.2, 0.25) is 5.91 Å². The van der Waals surface area contributed by atoms with Gasteiger partial charge in [-0.25, -0.2) is 9.78 Å². The SMILES string of the molecule is Cn1c(=O)c2c(ncn2CC(=O)N2CCN(CCNC(=O)c3ccsc3)CC2)n(C)c1=O. The number of thiophene rings is 1. The van der Waals surface area contributed by atoms with Crippen LogP contribution in [-0.4, -0.2) is 79.6 Å². The standard InChI is InChI=1S/C20H25N7O4S/c1-23-17-16(19(30)24(2)20(23)31)27(13-22-17)11-15(28)26-8-6-25(7-9-26)5-4-21-18(29)14-3-10-32-12-14/h3,10,12-13H,4-9,11H2,1-2H3,(H,21,29). The van der Waals surface area contributed by atoms with Gasteiger partial charge in [0.15, 0.2) is 11.2 Å². The van der Waals surface area contributed by atoms with Crippen molar-refractivity contribution in [2.24, 2.45) is 14.1 Å². The molecular formula is C20H25N7O4S. The maximum absolute atomic E-state index is 12.8. The van der Waals surface area contributed by atoms with Crippen molar-refractivity contribution in [1.29, 1.82) is 0 Å². The van der Waals surface area contributed by atoms with E-state index in [0.29, 0.717) is 44.8 Å². The summed E-state index contributed by atoms with van der Waals surface area (Å²) < 4.78 is 3.82. The van der Waals surface area contributed by atoms with Crippen LogP contribution in [0.25, 0.3) is 11.2 Å². The third-order valence-corrected chi connectivity index (χ3v) is 6.43. The molecule has 0 unspecified atom stereocenters. The second-order valence-electron chi connectivity index (χ2n) is 7.74. The molecule has 4 heterocycles. The molecule has 4 rings (SSSR count). The van der Waals surface area contributed by atoms with Crippen molar-refractivity contribution >= 4 is 34.3 Å². The van der Waals surface area contributed by atoms with Crippen LogP contribution in [0.15, 0.2) is 32.7 Å². The Morgan fingerprint density at radius 2 is 1.88 bits per heavy atom. The fourth-order valence-electron chi connectivity index (χ4n) is 3.81. The highest BCUT2D eigenvalue weighted by Crippen LogP contribution is 2.09. The van der Waals surface area contributed by atoms with Crippen LogP contribution >= 0.6 is 11.3 Å². The Morgan fingerprint density at radius 1 is 1.12 bits per heavy atom. The molecule has 0 spiro atoms. The van der Waals surface area contributed by atoms with Crippen LogP contribution in [0.4, 0.5) is 0 Å². The van der Waals surface area contributed by atoms with Crippen molar-refractivity contribution in [3.63, 3.8) is 0 Å². The topological polar surface area (TPSA) is 114 Å². The Labute approximate surface area is 187 Å². The third-order valence-electron chi connectivity index (χ3n) is 5.74. The number of piperazine rings is 1. The molecule has 0 aliphatic carbocycles. The van der Waals surface area contributed by atoms with E-state index in [0.717, 1.165) is 4.57 Å². The van der Waals surface area contributed by atoms with Crippen LogP contribution < -0.4 is 16.6 Å². The third kappa shape index (κ3) is 4.23. The van der Waals surface area contributed by atoms with Crippen LogP contribution in [0.2, 0.25) is 0 Å². The van der Waals surface area contributed by atoms with Gasteiger partial charge in [0.05, 0.1) is 6.33 Å². The molecule has 1 saturated heterocycles. The van der Waals surface area contributed by atoms with Crippen molar-refractivity contribution < 1.29 is 9.59 Å². The molecule has 170 valence electrons. The molecule has 0 bridgehead atoms. The summed E-state index contributed by atoms with van der Waals surface area (Å²) in [6.45, 7) is 3.81. The summed E-state index contributed by atoms with van der Waals surface area (Å²) in [5.41, 5.74) is 0.250. The lowest BCUT2D eigenvalue weighted by molar-refractivity contribution is -0.133. The number of aryl methyl sites for hydroxylation is 1. The van der Waals surface area contributed by atoms with Gasteiger partial charge in [0.1, 0.15) is 6.54 Å². The minimum absolute atomic E-state index is 0.0133. The average Bonchev–Trinajstić information content (AvgIpc) is 3.47. The quantitative estimate of drug-likeness (QED) is 0.509. The van der Waals surface area contributed by atoms with Gasteiger partial charge in [0.25, 0.3) is 11.5 Å². The van der Waals surface area contributed by atoms with E-state index >= 15 is 0 Å². The van der Waals surface area contributed by atoms with Crippen LogP contribution in [0.5, 0.6) is 0 Å². The minimum Gasteiger partial charge on any atom is -0.351 e. The molecule has 0 aromatic carbocycles. The van der Waals surface area contributed by atoms with Crippen molar-refractivity contribution in [2.75, 3.05) is 39.3 Å². The van der Waals surface area contributed by atoms with Crippen LogP contribution in [-0.2, 0) is 25.4 Å². The number of nitrogens with zero attached hydrogens (tertiary/aromatic N) is 6. The average molecular weight is 460 g/mol. The Kier molecular flexibility index (Phi) is 6.24. The zero-order chi connectivity index (χ0) is 22.8. The zero-order valence-electron chi connectivity index (χ0n) is 18.0. The summed E-state index contributed by atoms with van der Waals surface area (Å²) >= 11 is 1.49. The van der Waals surface area contributed by atoms with Gasteiger partial charge in [-0.1, -0.05) is 0 Å². The lowest BCUT2D eigenvalue weighted by atomic mass is 10.3. The molecule has 0 saturated carbocycles. The predicted octanol–water partition coefficient (Wildman–Crippen LogP) is -0.931. The Balaban J connectivity index is 1.31. The highest BCUT2D eigenvalue weighted by Gasteiger charge is 2.23. The van der Waals surface area contributed by atoms with Crippen molar-refractivity contribution in [2.45, 2.75) is 6.54 Å². The Bertz CT molecular complexity index is 1250. The molecule has 1 aliphatic heterocycles. The number of aromatic nitrogens is 4. The number of fused-ring (bicyclic) bond motifs is 1. The molecule has 2 amide bonds. The van der Waals surface area contributed by atoms with Gasteiger partial charge >= 0.3 is 5.69 Å². The Hall–Kier alpha value is -3.25. The van der Waals surface area contributed by atoms with E-state index in [-0.39, 0.29) is 29.5 Å². The van der Waals surface area contributed by atoms with Gasteiger partial charge in [-0.05, 0) is 11.4 Å². The molecule has 3 aromatic heterocycles. The fourth-order valence-corrected chi connectivity index (χ4v) is 4.44. The Morgan fingerprint density at radius 3 is 2.56 bits per heavy atom. The summed E-state index contributed by atoms with van der Waals surface area (Å²) in [6, 6.07) is 1.79. The molecule has 1 N–H and O–H groups in total. The minimum atomic E-state index is -0.470. The first-order valence-corrected chi connectivity index (χ1v) is 11.2. The molecular weight excluding hydrogens is 434 g/mol. The van der Waals surface area contributed by atoms with E-state index in [9.17, 15) is 19.2 Å². The van der Waals surface area contributed by atoms with E-state index in [1.165, 1.54) is 33.8 Å².